The Morgan fingerprint density at radius 3 is 0.346 bits per heavy atom. The molecule has 12 rings (SSSR count). The molecule has 0 unspecified atom stereocenters. The Labute approximate surface area is 495 Å². The molecule has 402 valence electrons. The summed E-state index contributed by atoms with van der Waals surface area (Å²) in [5.74, 6) is 0. The molecule has 0 fully saturated rings. The summed E-state index contributed by atoms with van der Waals surface area (Å²) in [6.45, 7) is 0. The van der Waals surface area contributed by atoms with Gasteiger partial charge in [0, 0.05) is 81.7 Å². The van der Waals surface area contributed by atoms with E-state index in [2.05, 4.69) is 360 Å². The first kappa shape index (κ1) is 59.2. The van der Waals surface area contributed by atoms with E-state index in [1.54, 1.807) is 0 Å². The maximum absolute atomic E-state index is 3.68. The Kier molecular flexibility index (Phi) is 24.5. The van der Waals surface area contributed by atoms with Gasteiger partial charge in [0.2, 0.25) is 0 Å². The van der Waals surface area contributed by atoms with Crippen molar-refractivity contribution in [3.63, 3.8) is 0 Å². The van der Waals surface area contributed by atoms with Crippen molar-refractivity contribution in [2.24, 2.45) is 0 Å². The van der Waals surface area contributed by atoms with Gasteiger partial charge in [-0.2, -0.15) is 0 Å². The predicted octanol–water partition coefficient (Wildman–Crippen LogP) is 16.6. The molecule has 0 amide bonds. The zero-order valence-corrected chi connectivity index (χ0v) is 49.3. The molecule has 0 saturated heterocycles. The van der Waals surface area contributed by atoms with Gasteiger partial charge in [-0.25, -0.2) is 0 Å². The molecular formula is C72H64N4NiP4. The number of hydrogen-bond donors (Lipinski definition) is 4. The largest absolute Gasteiger partial charge is 0.357 e. The van der Waals surface area contributed by atoms with Crippen molar-refractivity contribution in [1.82, 2.24) is 0 Å². The second kappa shape index (κ2) is 33.6. The van der Waals surface area contributed by atoms with Crippen molar-refractivity contribution >= 4 is 97.5 Å². The van der Waals surface area contributed by atoms with Gasteiger partial charge in [0.15, 0.2) is 0 Å². The molecule has 0 aliphatic heterocycles. The third-order valence-electron chi connectivity index (χ3n) is 12.2. The van der Waals surface area contributed by atoms with Gasteiger partial charge >= 0.3 is 0 Å². The van der Waals surface area contributed by atoms with Gasteiger partial charge in [0.1, 0.15) is 0 Å². The standard InChI is InChI=1S/4C18H16NP.Ni/c4*1-4-10-16(11-5-1)19-20(17-12-6-2-7-13-17)18-14-8-3-9-15-18;/h4*1-15,19H;. The molecule has 0 aliphatic rings. The molecule has 0 spiro atoms. The molecule has 12 aromatic carbocycles. The summed E-state index contributed by atoms with van der Waals surface area (Å²) < 4.78 is 0. The van der Waals surface area contributed by atoms with Gasteiger partial charge in [0.25, 0.3) is 0 Å². The van der Waals surface area contributed by atoms with Gasteiger partial charge in [-0.1, -0.05) is 315 Å². The van der Waals surface area contributed by atoms with Crippen LogP contribution >= 0.6 is 32.3 Å². The number of nitrogens with one attached hydrogen (secondary N) is 4. The van der Waals surface area contributed by atoms with E-state index in [1.165, 1.54) is 42.4 Å². The normalized spacial score (nSPS) is 10.3. The second-order valence-corrected chi connectivity index (χ2v) is 25.6. The first-order chi connectivity index (χ1) is 39.7. The summed E-state index contributed by atoms with van der Waals surface area (Å²) in [6, 6.07) is 127. The summed E-state index contributed by atoms with van der Waals surface area (Å²) in [6.07, 6.45) is 0. The minimum Gasteiger partial charge on any atom is -0.357 e. The van der Waals surface area contributed by atoms with Crippen LogP contribution in [0.1, 0.15) is 0 Å². The van der Waals surface area contributed by atoms with E-state index < -0.39 is 32.3 Å². The summed E-state index contributed by atoms with van der Waals surface area (Å²) in [5, 5.41) is 25.4. The summed E-state index contributed by atoms with van der Waals surface area (Å²) in [5.41, 5.74) is 4.63. The number of rotatable bonds is 16. The Balaban J connectivity index is 0.000000141. The molecule has 9 heteroatoms. The third kappa shape index (κ3) is 19.1. The van der Waals surface area contributed by atoms with Crippen molar-refractivity contribution in [3.05, 3.63) is 364 Å². The quantitative estimate of drug-likeness (QED) is 0.0575. The Morgan fingerprint density at radius 1 is 0.136 bits per heavy atom. The molecule has 0 heterocycles. The van der Waals surface area contributed by atoms with Gasteiger partial charge < -0.3 is 20.3 Å². The average molecular weight is 1170 g/mol. The van der Waals surface area contributed by atoms with Gasteiger partial charge in [0.05, 0.1) is 32.3 Å². The minimum atomic E-state index is -0.577. The molecule has 0 atom stereocenters. The van der Waals surface area contributed by atoms with E-state index in [0.29, 0.717) is 0 Å². The number of hydrogen-bond acceptors (Lipinski definition) is 4. The number of anilines is 4. The van der Waals surface area contributed by atoms with Crippen molar-refractivity contribution in [3.8, 4) is 0 Å². The fourth-order valence-corrected chi connectivity index (χ4v) is 15.9. The van der Waals surface area contributed by atoms with Gasteiger partial charge in [-0.05, 0) is 48.5 Å². The number of benzene rings is 12. The molecule has 0 saturated carbocycles. The van der Waals surface area contributed by atoms with Crippen LogP contribution in [0.2, 0.25) is 0 Å². The summed E-state index contributed by atoms with van der Waals surface area (Å²) in [7, 11) is -2.31. The minimum absolute atomic E-state index is 0. The molecule has 0 bridgehead atoms. The topological polar surface area (TPSA) is 48.1 Å². The number of para-hydroxylation sites is 4. The molecule has 0 radical (unpaired) electrons. The maximum Gasteiger partial charge on any atom is 0.0522 e. The fraction of sp³-hybridized carbons (Fsp3) is 0. The summed E-state index contributed by atoms with van der Waals surface area (Å²) >= 11 is 0. The van der Waals surface area contributed by atoms with E-state index in [9.17, 15) is 0 Å². The SMILES string of the molecule is [Ni].c1ccc(NP(c2ccccc2)c2ccccc2)cc1.c1ccc(NP(c2ccccc2)c2ccccc2)cc1.c1ccc(NP(c2ccccc2)c2ccccc2)cc1.c1ccc(NP(c2ccccc2)c2ccccc2)cc1. The van der Waals surface area contributed by atoms with E-state index in [4.69, 9.17) is 0 Å². The molecule has 0 aromatic heterocycles. The van der Waals surface area contributed by atoms with Gasteiger partial charge in [-0.15, -0.1) is 0 Å². The van der Waals surface area contributed by atoms with E-state index in [1.807, 2.05) is 24.3 Å². The van der Waals surface area contributed by atoms with E-state index in [0.717, 1.165) is 22.7 Å². The first-order valence-corrected chi connectivity index (χ1v) is 32.0. The zero-order chi connectivity index (χ0) is 54.5. The van der Waals surface area contributed by atoms with Crippen molar-refractivity contribution in [2.45, 2.75) is 0 Å². The zero-order valence-electron chi connectivity index (χ0n) is 44.7. The van der Waals surface area contributed by atoms with Crippen LogP contribution in [0.3, 0.4) is 0 Å². The average Bonchev–Trinajstić information content (AvgIpc) is 3.56. The Morgan fingerprint density at radius 2 is 0.235 bits per heavy atom. The first-order valence-electron chi connectivity index (χ1n) is 26.6. The molecule has 0 aliphatic carbocycles. The molecular weight excluding hydrogens is 1100 g/mol. The van der Waals surface area contributed by atoms with Crippen LogP contribution in [0.4, 0.5) is 22.7 Å². The van der Waals surface area contributed by atoms with Crippen LogP contribution in [0, 0.1) is 0 Å². The predicted molar refractivity (Wildman–Crippen MR) is 357 cm³/mol. The van der Waals surface area contributed by atoms with E-state index >= 15 is 0 Å². The summed E-state index contributed by atoms with van der Waals surface area (Å²) in [4.78, 5) is 0. The monoisotopic (exact) mass is 1170 g/mol. The van der Waals surface area contributed by atoms with Crippen LogP contribution in [-0.4, -0.2) is 0 Å². The van der Waals surface area contributed by atoms with Gasteiger partial charge in [-0.3, -0.25) is 0 Å². The van der Waals surface area contributed by atoms with E-state index in [-0.39, 0.29) is 16.5 Å². The smallest absolute Gasteiger partial charge is 0.0522 e. The Hall–Kier alpha value is -7.95. The fourth-order valence-electron chi connectivity index (χ4n) is 8.30. The Bertz CT molecular complexity index is 2880. The van der Waals surface area contributed by atoms with Crippen molar-refractivity contribution in [2.75, 3.05) is 20.3 Å². The maximum atomic E-state index is 3.68. The molecule has 4 N–H and O–H groups in total. The molecule has 12 aromatic rings. The van der Waals surface area contributed by atoms with Crippen molar-refractivity contribution in [1.29, 1.82) is 0 Å². The van der Waals surface area contributed by atoms with Crippen LogP contribution in [0.25, 0.3) is 0 Å². The van der Waals surface area contributed by atoms with Crippen molar-refractivity contribution < 1.29 is 16.5 Å². The van der Waals surface area contributed by atoms with Crippen LogP contribution in [0.15, 0.2) is 364 Å². The van der Waals surface area contributed by atoms with Crippen LogP contribution in [-0.2, 0) is 16.5 Å². The molecule has 4 nitrogen and oxygen atoms in total. The third-order valence-corrected chi connectivity index (χ3v) is 20.6. The second-order valence-electron chi connectivity index (χ2n) is 17.9. The van der Waals surface area contributed by atoms with Crippen LogP contribution < -0.4 is 62.8 Å². The van der Waals surface area contributed by atoms with Crippen LogP contribution in [0.5, 0.6) is 0 Å². The molecule has 81 heavy (non-hydrogen) atoms.